The molecule has 3 aromatic rings. The molecule has 0 aliphatic heterocycles. The van der Waals surface area contributed by atoms with Crippen LogP contribution in [0.3, 0.4) is 0 Å². The van der Waals surface area contributed by atoms with E-state index in [1.54, 1.807) is 24.3 Å². The molecule has 4 rings (SSSR count). The lowest BCUT2D eigenvalue weighted by atomic mass is 9.62. The molecule has 0 unspecified atom stereocenters. The second-order valence-electron chi connectivity index (χ2n) is 8.25. The van der Waals surface area contributed by atoms with E-state index in [1.807, 2.05) is 37.3 Å². The summed E-state index contributed by atoms with van der Waals surface area (Å²) in [6.45, 7) is 2.04. The summed E-state index contributed by atoms with van der Waals surface area (Å²) in [5.74, 6) is 0.244. The van der Waals surface area contributed by atoms with Gasteiger partial charge in [0.25, 0.3) is 0 Å². The molecule has 7 heteroatoms. The predicted octanol–water partition coefficient (Wildman–Crippen LogP) is 6.01. The molecular weight excluding hydrogens is 456 g/mol. The summed E-state index contributed by atoms with van der Waals surface area (Å²) in [5.41, 5.74) is 4.47. The van der Waals surface area contributed by atoms with Crippen molar-refractivity contribution < 1.29 is 12.6 Å². The Balaban J connectivity index is 1.73. The van der Waals surface area contributed by atoms with Gasteiger partial charge in [-0.25, -0.2) is 0 Å². The molecule has 0 atom stereocenters. The maximum absolute atomic E-state index is 11.4. The molecule has 0 heterocycles. The minimum atomic E-state index is -3.59. The molecule has 0 amide bonds. The van der Waals surface area contributed by atoms with Crippen LogP contribution in [-0.2, 0) is 15.5 Å². The number of hydrogen-bond donors (Lipinski definition) is 0. The van der Waals surface area contributed by atoms with Crippen LogP contribution in [-0.4, -0.2) is 26.1 Å². The van der Waals surface area contributed by atoms with E-state index < -0.39 is 10.1 Å². The molecule has 0 saturated heterocycles. The van der Waals surface area contributed by atoms with E-state index in [0.717, 1.165) is 42.4 Å². The third-order valence-corrected chi connectivity index (χ3v) is 6.77. The van der Waals surface area contributed by atoms with E-state index >= 15 is 0 Å². The van der Waals surface area contributed by atoms with Gasteiger partial charge < -0.3 is 4.18 Å². The van der Waals surface area contributed by atoms with Crippen LogP contribution < -0.4 is 4.18 Å². The van der Waals surface area contributed by atoms with Crippen molar-refractivity contribution in [2.75, 3.05) is 6.26 Å². The summed E-state index contributed by atoms with van der Waals surface area (Å²) in [6.07, 6.45) is 4.28. The quantitative estimate of drug-likeness (QED) is 0.236. The number of nitrogens with zero attached hydrogens (tertiary/aromatic N) is 2. The summed E-state index contributed by atoms with van der Waals surface area (Å²) in [7, 11) is -3.59. The second kappa shape index (κ2) is 9.49. The average Bonchev–Trinajstić information content (AvgIpc) is 2.75. The largest absolute Gasteiger partial charge is 0.383 e. The molecule has 5 nitrogen and oxygen atoms in total. The zero-order valence-corrected chi connectivity index (χ0v) is 20.1. The van der Waals surface area contributed by atoms with Gasteiger partial charge in [0, 0.05) is 27.3 Å². The van der Waals surface area contributed by atoms with Crippen molar-refractivity contribution in [3.8, 4) is 5.75 Å². The predicted molar refractivity (Wildman–Crippen MR) is 134 cm³/mol. The van der Waals surface area contributed by atoms with Crippen LogP contribution in [0.4, 0.5) is 0 Å². The normalized spacial score (nSPS) is 16.2. The summed E-state index contributed by atoms with van der Waals surface area (Å²) >= 11 is 6.09. The molecule has 3 aromatic carbocycles. The smallest absolute Gasteiger partial charge is 0.306 e. The fourth-order valence-electron chi connectivity index (χ4n) is 4.10. The van der Waals surface area contributed by atoms with E-state index in [9.17, 15) is 8.42 Å². The molecule has 1 saturated carbocycles. The van der Waals surface area contributed by atoms with Crippen LogP contribution >= 0.6 is 11.6 Å². The molecule has 170 valence electrons. The molecule has 0 spiro atoms. The lowest BCUT2D eigenvalue weighted by Crippen LogP contribution is -2.41. The Bertz CT molecular complexity index is 1280. The summed E-state index contributed by atoms with van der Waals surface area (Å²) in [6, 6.07) is 24.6. The van der Waals surface area contributed by atoms with Gasteiger partial charge in [-0.2, -0.15) is 13.5 Å². The van der Waals surface area contributed by atoms with Gasteiger partial charge in [-0.05, 0) is 61.7 Å². The first-order valence-electron chi connectivity index (χ1n) is 10.7. The number of hydrogen-bond acceptors (Lipinski definition) is 5. The minimum absolute atomic E-state index is 0.0803. The topological polar surface area (TPSA) is 68.1 Å². The zero-order chi connectivity index (χ0) is 23.5. The monoisotopic (exact) mass is 480 g/mol. The van der Waals surface area contributed by atoms with Crippen LogP contribution in [0.2, 0.25) is 5.02 Å². The average molecular weight is 481 g/mol. The molecule has 0 radical (unpaired) electrons. The Kier molecular flexibility index (Phi) is 6.68. The molecule has 0 bridgehead atoms. The molecule has 0 aromatic heterocycles. The Morgan fingerprint density at radius 3 is 1.97 bits per heavy atom. The van der Waals surface area contributed by atoms with Gasteiger partial charge in [0.05, 0.1) is 6.26 Å². The van der Waals surface area contributed by atoms with Gasteiger partial charge in [-0.3, -0.25) is 0 Å². The zero-order valence-electron chi connectivity index (χ0n) is 18.5. The molecule has 0 N–H and O–H groups in total. The highest BCUT2D eigenvalue weighted by molar-refractivity contribution is 7.86. The van der Waals surface area contributed by atoms with E-state index in [1.165, 1.54) is 5.56 Å². The van der Waals surface area contributed by atoms with Crippen LogP contribution in [0.1, 0.15) is 42.9 Å². The molecular formula is C26H25ClN2O3S. The number of halogens is 1. The summed E-state index contributed by atoms with van der Waals surface area (Å²) < 4.78 is 27.8. The third kappa shape index (κ3) is 5.34. The third-order valence-electron chi connectivity index (χ3n) is 6.02. The second-order valence-corrected chi connectivity index (χ2v) is 10.3. The van der Waals surface area contributed by atoms with Gasteiger partial charge >= 0.3 is 10.1 Å². The van der Waals surface area contributed by atoms with E-state index in [0.29, 0.717) is 10.7 Å². The Hall–Kier alpha value is -2.96. The first kappa shape index (κ1) is 23.2. The fraction of sp³-hybridized carbons (Fsp3) is 0.231. The van der Waals surface area contributed by atoms with Gasteiger partial charge in [-0.15, -0.1) is 5.10 Å². The lowest BCUT2D eigenvalue weighted by molar-refractivity contribution is 0.338. The number of rotatable bonds is 7. The Labute approximate surface area is 199 Å². The number of benzene rings is 3. The highest BCUT2D eigenvalue weighted by Crippen LogP contribution is 2.45. The lowest BCUT2D eigenvalue weighted by Gasteiger charge is -2.42. The fourth-order valence-corrected chi connectivity index (χ4v) is 4.69. The summed E-state index contributed by atoms with van der Waals surface area (Å²) in [5, 5.41) is 10.0. The van der Waals surface area contributed by atoms with Crippen molar-refractivity contribution >= 4 is 33.1 Å². The first-order valence-corrected chi connectivity index (χ1v) is 12.9. The van der Waals surface area contributed by atoms with E-state index in [4.69, 9.17) is 20.9 Å². The highest BCUT2D eigenvalue weighted by atomic mass is 35.5. The van der Waals surface area contributed by atoms with Crippen LogP contribution in [0.15, 0.2) is 89.1 Å². The van der Waals surface area contributed by atoms with E-state index in [2.05, 4.69) is 29.4 Å². The van der Waals surface area contributed by atoms with Gasteiger partial charge in [0.2, 0.25) is 0 Å². The Morgan fingerprint density at radius 2 is 1.45 bits per heavy atom. The van der Waals surface area contributed by atoms with Crippen molar-refractivity contribution in [2.45, 2.75) is 31.6 Å². The van der Waals surface area contributed by atoms with Crippen LogP contribution in [0, 0.1) is 0 Å². The van der Waals surface area contributed by atoms with E-state index in [-0.39, 0.29) is 11.2 Å². The maximum atomic E-state index is 11.4. The summed E-state index contributed by atoms with van der Waals surface area (Å²) in [4.78, 5) is 0. The van der Waals surface area contributed by atoms with Crippen molar-refractivity contribution in [1.82, 2.24) is 0 Å². The molecule has 33 heavy (non-hydrogen) atoms. The van der Waals surface area contributed by atoms with Crippen molar-refractivity contribution in [1.29, 1.82) is 0 Å². The van der Waals surface area contributed by atoms with Gasteiger partial charge in [-0.1, -0.05) is 60.5 Å². The van der Waals surface area contributed by atoms with Crippen molar-refractivity contribution in [3.63, 3.8) is 0 Å². The SMILES string of the molecule is CC(=NN=C(c1ccc(Cl)cc1)c1ccc(OS(C)(=O)=O)cc1)C1(c2ccccc2)CCC1. The van der Waals surface area contributed by atoms with Crippen LogP contribution in [0.5, 0.6) is 5.75 Å². The molecule has 1 aliphatic carbocycles. The standard InChI is InChI=1S/C26H25ClN2O3S/c1-19(26(17-6-18-26)22-7-4-3-5-8-22)28-29-25(20-9-13-23(27)14-10-20)21-11-15-24(16-12-21)32-33(2,30)31/h3-5,7-16H,6,17-18H2,1-2H3. The van der Waals surface area contributed by atoms with Crippen molar-refractivity contribution in [3.05, 3.63) is 101 Å². The minimum Gasteiger partial charge on any atom is -0.383 e. The molecule has 1 aliphatic rings. The van der Waals surface area contributed by atoms with Crippen LogP contribution in [0.25, 0.3) is 0 Å². The van der Waals surface area contributed by atoms with Crippen molar-refractivity contribution in [2.24, 2.45) is 10.2 Å². The van der Waals surface area contributed by atoms with Gasteiger partial charge in [0.15, 0.2) is 0 Å². The Morgan fingerprint density at radius 1 is 0.879 bits per heavy atom. The maximum Gasteiger partial charge on any atom is 0.306 e. The molecule has 1 fully saturated rings. The highest BCUT2D eigenvalue weighted by Gasteiger charge is 2.41. The first-order chi connectivity index (χ1) is 15.8. The van der Waals surface area contributed by atoms with Gasteiger partial charge in [0.1, 0.15) is 11.5 Å².